The van der Waals surface area contributed by atoms with Crippen LogP contribution in [-0.4, -0.2) is 24.0 Å². The van der Waals surface area contributed by atoms with Crippen LogP contribution in [0.3, 0.4) is 0 Å². The highest BCUT2D eigenvalue weighted by Crippen LogP contribution is 2.32. The van der Waals surface area contributed by atoms with E-state index in [-0.39, 0.29) is 16.7 Å². The molecular weight excluding hydrogens is 357 g/mol. The van der Waals surface area contributed by atoms with E-state index in [0.717, 1.165) is 12.8 Å². The molecule has 0 saturated carbocycles. The Morgan fingerprint density at radius 2 is 2.00 bits per heavy atom. The Hall–Kier alpha value is -1.21. The molecular formula is C14H17BrFN3OS. The first kappa shape index (κ1) is 16.2. The standard InChI is InChI=1S/C14H17BrFN3OS/c15-12-9(14(18)21)1-2-10(13(12)16)19-5-3-8(4-6-19)7-11(17)20/h1-2,8H,3-7H2,(H2,17,20)(H2,18,21). The molecule has 0 spiro atoms. The number of hydrogen-bond donors (Lipinski definition) is 2. The molecule has 0 aliphatic carbocycles. The van der Waals surface area contributed by atoms with Crippen LogP contribution in [0.1, 0.15) is 24.8 Å². The van der Waals surface area contributed by atoms with Gasteiger partial charge in [0.25, 0.3) is 0 Å². The first-order chi connectivity index (χ1) is 9.90. The molecule has 1 saturated heterocycles. The first-order valence-corrected chi connectivity index (χ1v) is 7.91. The predicted molar refractivity (Wildman–Crippen MR) is 88.7 cm³/mol. The lowest BCUT2D eigenvalue weighted by Gasteiger charge is -2.33. The van der Waals surface area contributed by atoms with E-state index in [0.29, 0.717) is 41.2 Å². The van der Waals surface area contributed by atoms with Gasteiger partial charge in [0, 0.05) is 25.1 Å². The minimum Gasteiger partial charge on any atom is -0.389 e. The van der Waals surface area contributed by atoms with Crippen LogP contribution in [0.4, 0.5) is 10.1 Å². The summed E-state index contributed by atoms with van der Waals surface area (Å²) < 4.78 is 14.7. The van der Waals surface area contributed by atoms with E-state index in [1.807, 2.05) is 4.90 Å². The monoisotopic (exact) mass is 373 g/mol. The van der Waals surface area contributed by atoms with E-state index in [9.17, 15) is 9.18 Å². The number of benzene rings is 1. The van der Waals surface area contributed by atoms with Crippen molar-refractivity contribution in [1.82, 2.24) is 0 Å². The maximum Gasteiger partial charge on any atom is 0.217 e. The number of rotatable bonds is 4. The lowest BCUT2D eigenvalue weighted by molar-refractivity contribution is -0.119. The second kappa shape index (κ2) is 6.70. The van der Waals surface area contributed by atoms with Gasteiger partial charge in [-0.25, -0.2) is 4.39 Å². The van der Waals surface area contributed by atoms with Gasteiger partial charge in [-0.3, -0.25) is 4.79 Å². The average Bonchev–Trinajstić information content (AvgIpc) is 2.42. The van der Waals surface area contributed by atoms with Crippen molar-refractivity contribution in [3.05, 3.63) is 28.0 Å². The molecule has 1 aliphatic heterocycles. The largest absolute Gasteiger partial charge is 0.389 e. The van der Waals surface area contributed by atoms with Crippen LogP contribution in [0.15, 0.2) is 16.6 Å². The van der Waals surface area contributed by atoms with E-state index in [1.54, 1.807) is 12.1 Å². The summed E-state index contributed by atoms with van der Waals surface area (Å²) >= 11 is 8.10. The summed E-state index contributed by atoms with van der Waals surface area (Å²) in [5, 5.41) is 0. The van der Waals surface area contributed by atoms with E-state index in [1.165, 1.54) is 0 Å². The van der Waals surface area contributed by atoms with Crippen LogP contribution < -0.4 is 16.4 Å². The molecule has 7 heteroatoms. The molecule has 0 unspecified atom stereocenters. The summed E-state index contributed by atoms with van der Waals surface area (Å²) in [6, 6.07) is 3.42. The van der Waals surface area contributed by atoms with Gasteiger partial charge >= 0.3 is 0 Å². The van der Waals surface area contributed by atoms with Crippen LogP contribution in [0.2, 0.25) is 0 Å². The van der Waals surface area contributed by atoms with E-state index in [2.05, 4.69) is 15.9 Å². The third-order valence-electron chi connectivity index (χ3n) is 3.77. The number of anilines is 1. The molecule has 0 atom stereocenters. The fourth-order valence-corrected chi connectivity index (χ4v) is 3.49. The molecule has 1 aliphatic rings. The van der Waals surface area contributed by atoms with Gasteiger partial charge in [0.15, 0.2) is 5.82 Å². The number of carbonyl (C=O) groups is 1. The molecule has 0 aromatic heterocycles. The van der Waals surface area contributed by atoms with Crippen molar-refractivity contribution in [2.45, 2.75) is 19.3 Å². The number of primary amides is 1. The molecule has 4 nitrogen and oxygen atoms in total. The molecule has 4 N–H and O–H groups in total. The molecule has 114 valence electrons. The number of thiocarbonyl (C=S) groups is 1. The van der Waals surface area contributed by atoms with Crippen molar-refractivity contribution in [3.63, 3.8) is 0 Å². The Balaban J connectivity index is 2.12. The fourth-order valence-electron chi connectivity index (χ4n) is 2.64. The number of halogens is 2. The number of carbonyl (C=O) groups excluding carboxylic acids is 1. The molecule has 1 heterocycles. The normalized spacial score (nSPS) is 16.0. The number of nitrogens with zero attached hydrogens (tertiary/aromatic N) is 1. The quantitative estimate of drug-likeness (QED) is 0.794. The van der Waals surface area contributed by atoms with Crippen LogP contribution in [0.5, 0.6) is 0 Å². The number of nitrogens with two attached hydrogens (primary N) is 2. The SMILES string of the molecule is NC(=O)CC1CCN(c2ccc(C(N)=S)c(Br)c2F)CC1. The maximum atomic E-state index is 14.4. The predicted octanol–water partition coefficient (Wildman–Crippen LogP) is 2.31. The molecule has 1 amide bonds. The molecule has 0 radical (unpaired) electrons. The number of hydrogen-bond acceptors (Lipinski definition) is 3. The Morgan fingerprint density at radius 3 is 2.52 bits per heavy atom. The molecule has 21 heavy (non-hydrogen) atoms. The maximum absolute atomic E-state index is 14.4. The van der Waals surface area contributed by atoms with Gasteiger partial charge in [0.2, 0.25) is 5.91 Å². The van der Waals surface area contributed by atoms with E-state index < -0.39 is 0 Å². The van der Waals surface area contributed by atoms with Gasteiger partial charge in [0.05, 0.1) is 10.2 Å². The van der Waals surface area contributed by atoms with Gasteiger partial charge in [-0.05, 0) is 46.8 Å². The number of piperidine rings is 1. The van der Waals surface area contributed by atoms with Crippen molar-refractivity contribution in [1.29, 1.82) is 0 Å². The van der Waals surface area contributed by atoms with Gasteiger partial charge in [-0.2, -0.15) is 0 Å². The van der Waals surface area contributed by atoms with Gasteiger partial charge in [-0.15, -0.1) is 0 Å². The van der Waals surface area contributed by atoms with Gasteiger partial charge < -0.3 is 16.4 Å². The number of amides is 1. The lowest BCUT2D eigenvalue weighted by atomic mass is 9.93. The van der Waals surface area contributed by atoms with Crippen LogP contribution >= 0.6 is 28.1 Å². The smallest absolute Gasteiger partial charge is 0.217 e. The lowest BCUT2D eigenvalue weighted by Crippen LogP contribution is -2.35. The highest BCUT2D eigenvalue weighted by Gasteiger charge is 2.24. The van der Waals surface area contributed by atoms with Gasteiger partial charge in [0.1, 0.15) is 4.99 Å². The second-order valence-corrected chi connectivity index (χ2v) is 6.46. The summed E-state index contributed by atoms with van der Waals surface area (Å²) in [5.74, 6) is -0.335. The second-order valence-electron chi connectivity index (χ2n) is 5.23. The summed E-state index contributed by atoms with van der Waals surface area (Å²) in [4.78, 5) is 13.1. The zero-order valence-electron chi connectivity index (χ0n) is 11.4. The summed E-state index contributed by atoms with van der Waals surface area (Å²) in [7, 11) is 0. The molecule has 2 rings (SSSR count). The van der Waals surface area contributed by atoms with Crippen molar-refractivity contribution in [3.8, 4) is 0 Å². The third-order valence-corrected chi connectivity index (χ3v) is 4.77. The Morgan fingerprint density at radius 1 is 1.38 bits per heavy atom. The van der Waals surface area contributed by atoms with Crippen molar-refractivity contribution in [2.24, 2.45) is 17.4 Å². The Bertz CT molecular complexity index is 574. The van der Waals surface area contributed by atoms with E-state index in [4.69, 9.17) is 23.7 Å². The van der Waals surface area contributed by atoms with Crippen molar-refractivity contribution >= 4 is 44.7 Å². The van der Waals surface area contributed by atoms with Gasteiger partial charge in [-0.1, -0.05) is 12.2 Å². The fraction of sp³-hybridized carbons (Fsp3) is 0.429. The minimum atomic E-state index is -0.353. The zero-order chi connectivity index (χ0) is 15.6. The van der Waals surface area contributed by atoms with Crippen LogP contribution in [0, 0.1) is 11.7 Å². The Kier molecular flexibility index (Phi) is 5.16. The van der Waals surface area contributed by atoms with Crippen LogP contribution in [0.25, 0.3) is 0 Å². The Labute approximate surface area is 136 Å². The van der Waals surface area contributed by atoms with E-state index >= 15 is 0 Å². The molecule has 1 aromatic carbocycles. The molecule has 1 aromatic rings. The summed E-state index contributed by atoms with van der Waals surface area (Å²) in [5.41, 5.74) is 11.8. The summed E-state index contributed by atoms with van der Waals surface area (Å²) in [6.07, 6.45) is 2.06. The summed E-state index contributed by atoms with van der Waals surface area (Å²) in [6.45, 7) is 1.40. The van der Waals surface area contributed by atoms with Crippen molar-refractivity contribution < 1.29 is 9.18 Å². The molecule has 0 bridgehead atoms. The molecule has 1 fully saturated rings. The highest BCUT2D eigenvalue weighted by molar-refractivity contribution is 9.10. The third kappa shape index (κ3) is 3.71. The topological polar surface area (TPSA) is 72.4 Å². The first-order valence-electron chi connectivity index (χ1n) is 6.71. The zero-order valence-corrected chi connectivity index (χ0v) is 13.8. The van der Waals surface area contributed by atoms with Crippen molar-refractivity contribution in [2.75, 3.05) is 18.0 Å². The van der Waals surface area contributed by atoms with Crippen LogP contribution in [-0.2, 0) is 4.79 Å². The minimum absolute atomic E-state index is 0.160. The average molecular weight is 374 g/mol. The highest BCUT2D eigenvalue weighted by atomic mass is 79.9.